The van der Waals surface area contributed by atoms with Crippen LogP contribution in [-0.2, 0) is 16.7 Å². The number of furan rings is 1. The number of ketones is 1. The predicted molar refractivity (Wildman–Crippen MR) is 93.5 cm³/mol. The van der Waals surface area contributed by atoms with Crippen molar-refractivity contribution in [1.29, 1.82) is 0 Å². The van der Waals surface area contributed by atoms with Crippen molar-refractivity contribution >= 4 is 17.1 Å². The largest absolute Gasteiger partial charge is 0.461 e. The quantitative estimate of drug-likeness (QED) is 0.774. The van der Waals surface area contributed by atoms with Crippen LogP contribution in [0, 0.1) is 0 Å². The summed E-state index contributed by atoms with van der Waals surface area (Å²) in [5, 5.41) is 3.23. The van der Waals surface area contributed by atoms with Crippen LogP contribution < -0.4 is 0 Å². The van der Waals surface area contributed by atoms with Gasteiger partial charge >= 0.3 is 0 Å². The molecule has 0 N–H and O–H groups in total. The molecular weight excluding hydrogens is 324 g/mol. The first-order chi connectivity index (χ1) is 11.4. The lowest BCUT2D eigenvalue weighted by Gasteiger charge is -2.34. The van der Waals surface area contributed by atoms with E-state index in [9.17, 15) is 4.79 Å². The minimum atomic E-state index is 0.0232. The average Bonchev–Trinajstić information content (AvgIpc) is 3.19. The van der Waals surface area contributed by atoms with E-state index in [0.717, 1.165) is 23.8 Å². The third kappa shape index (κ3) is 4.12. The van der Waals surface area contributed by atoms with E-state index in [1.807, 2.05) is 0 Å². The Morgan fingerprint density at radius 1 is 1.46 bits per heavy atom. The number of rotatable bonds is 5. The maximum Gasteiger partial charge on any atom is 0.199 e. The van der Waals surface area contributed by atoms with Gasteiger partial charge in [0.15, 0.2) is 11.5 Å². The van der Waals surface area contributed by atoms with E-state index < -0.39 is 0 Å². The van der Waals surface area contributed by atoms with Crippen molar-refractivity contribution in [2.45, 2.75) is 45.2 Å². The summed E-state index contributed by atoms with van der Waals surface area (Å²) in [5.74, 6) is 0.444. The highest BCUT2D eigenvalue weighted by Gasteiger charge is 2.28. The first-order valence-corrected chi connectivity index (χ1v) is 9.15. The van der Waals surface area contributed by atoms with Gasteiger partial charge in [0.1, 0.15) is 5.01 Å². The summed E-state index contributed by atoms with van der Waals surface area (Å²) in [5.41, 5.74) is 1.19. The maximum absolute atomic E-state index is 12.3. The molecule has 0 radical (unpaired) electrons. The van der Waals surface area contributed by atoms with Gasteiger partial charge in [-0.2, -0.15) is 0 Å². The minimum absolute atomic E-state index is 0.0232. The predicted octanol–water partition coefficient (Wildman–Crippen LogP) is 3.51. The molecule has 1 fully saturated rings. The fourth-order valence-corrected chi connectivity index (χ4v) is 3.78. The number of Topliss-reactive ketones (excluding diaryl/α,β-unsaturated/α-hetero) is 1. The Bertz CT molecular complexity index is 673. The molecule has 24 heavy (non-hydrogen) atoms. The topological polar surface area (TPSA) is 55.6 Å². The molecule has 6 heteroatoms. The van der Waals surface area contributed by atoms with Gasteiger partial charge in [-0.3, -0.25) is 9.69 Å². The Hall–Kier alpha value is -1.50. The van der Waals surface area contributed by atoms with Crippen molar-refractivity contribution < 1.29 is 13.9 Å². The smallest absolute Gasteiger partial charge is 0.199 e. The second-order valence-corrected chi connectivity index (χ2v) is 8.12. The molecule has 0 aliphatic carbocycles. The molecule has 0 unspecified atom stereocenters. The summed E-state index contributed by atoms with van der Waals surface area (Å²) in [6, 6.07) is 3.53. The van der Waals surface area contributed by atoms with Gasteiger partial charge in [0.05, 0.1) is 31.7 Å². The van der Waals surface area contributed by atoms with E-state index in [0.29, 0.717) is 25.4 Å². The fraction of sp³-hybridized carbons (Fsp3) is 0.556. The van der Waals surface area contributed by atoms with Crippen molar-refractivity contribution in [3.05, 3.63) is 40.2 Å². The molecule has 3 rings (SSSR count). The first-order valence-electron chi connectivity index (χ1n) is 8.27. The summed E-state index contributed by atoms with van der Waals surface area (Å²) in [6.45, 7) is 9.37. The molecule has 5 nitrogen and oxygen atoms in total. The molecule has 1 aliphatic heterocycles. The Kier molecular flexibility index (Phi) is 5.18. The van der Waals surface area contributed by atoms with Crippen LogP contribution in [0.25, 0.3) is 0 Å². The van der Waals surface area contributed by atoms with Crippen molar-refractivity contribution in [2.75, 3.05) is 19.8 Å². The highest BCUT2D eigenvalue weighted by atomic mass is 32.1. The Balaban J connectivity index is 1.66. The number of morpholine rings is 1. The monoisotopic (exact) mass is 348 g/mol. The highest BCUT2D eigenvalue weighted by molar-refractivity contribution is 7.09. The molecular formula is C18H24N2O3S. The van der Waals surface area contributed by atoms with Crippen LogP contribution in [0.3, 0.4) is 0 Å². The van der Waals surface area contributed by atoms with Crippen LogP contribution in [0.5, 0.6) is 0 Å². The summed E-state index contributed by atoms with van der Waals surface area (Å²) < 4.78 is 10.8. The van der Waals surface area contributed by atoms with Crippen LogP contribution in [0.2, 0.25) is 0 Å². The summed E-state index contributed by atoms with van der Waals surface area (Å²) in [7, 11) is 0. The molecule has 1 atom stereocenters. The number of carbonyl (C=O) groups is 1. The number of hydrogen-bond donors (Lipinski definition) is 0. The van der Waals surface area contributed by atoms with Gasteiger partial charge in [-0.15, -0.1) is 11.3 Å². The van der Waals surface area contributed by atoms with Crippen LogP contribution in [0.15, 0.2) is 28.2 Å². The van der Waals surface area contributed by atoms with E-state index in [1.54, 1.807) is 23.5 Å². The number of carbonyl (C=O) groups excluding carboxylic acids is 1. The number of aromatic nitrogens is 1. The number of hydrogen-bond acceptors (Lipinski definition) is 6. The second-order valence-electron chi connectivity index (χ2n) is 7.18. The molecule has 2 aromatic rings. The Morgan fingerprint density at radius 2 is 2.29 bits per heavy atom. The van der Waals surface area contributed by atoms with Gasteiger partial charge in [0.2, 0.25) is 0 Å². The van der Waals surface area contributed by atoms with Crippen LogP contribution in [0.1, 0.15) is 48.4 Å². The van der Waals surface area contributed by atoms with Crippen molar-refractivity contribution in [3.63, 3.8) is 0 Å². The van der Waals surface area contributed by atoms with Gasteiger partial charge in [0, 0.05) is 29.8 Å². The molecule has 1 saturated heterocycles. The lowest BCUT2D eigenvalue weighted by atomic mass is 9.93. The van der Waals surface area contributed by atoms with Gasteiger partial charge in [-0.1, -0.05) is 20.8 Å². The molecule has 3 heterocycles. The van der Waals surface area contributed by atoms with Gasteiger partial charge in [0.25, 0.3) is 0 Å². The van der Waals surface area contributed by atoms with Gasteiger partial charge in [-0.25, -0.2) is 4.98 Å². The van der Waals surface area contributed by atoms with Crippen molar-refractivity contribution in [1.82, 2.24) is 9.88 Å². The van der Waals surface area contributed by atoms with Crippen LogP contribution in [-0.4, -0.2) is 41.5 Å². The number of ether oxygens (including phenoxy) is 1. The normalized spacial score (nSPS) is 19.5. The van der Waals surface area contributed by atoms with Gasteiger partial charge < -0.3 is 9.15 Å². The second kappa shape index (κ2) is 7.17. The van der Waals surface area contributed by atoms with E-state index in [2.05, 4.69) is 31.1 Å². The third-order valence-electron chi connectivity index (χ3n) is 4.23. The standard InChI is InChI=1S/C18H24N2O3S/c1-18(2,3)16-12-24-17(19-16)10-20-6-8-22-11-13(20)9-14(21)15-5-4-7-23-15/h4-5,7,12-13H,6,8-11H2,1-3H3/t13-/m1/s1. The van der Waals surface area contributed by atoms with Gasteiger partial charge in [-0.05, 0) is 12.1 Å². The fourth-order valence-electron chi connectivity index (χ4n) is 2.74. The zero-order chi connectivity index (χ0) is 17.2. The maximum atomic E-state index is 12.3. The minimum Gasteiger partial charge on any atom is -0.461 e. The average molecular weight is 348 g/mol. The van der Waals surface area contributed by atoms with Crippen LogP contribution >= 0.6 is 11.3 Å². The number of thiazole rings is 1. The summed E-state index contributed by atoms with van der Waals surface area (Å²) in [4.78, 5) is 19.4. The molecule has 0 amide bonds. The number of nitrogens with zero attached hydrogens (tertiary/aromatic N) is 2. The zero-order valence-corrected chi connectivity index (χ0v) is 15.3. The molecule has 0 saturated carbocycles. The molecule has 0 spiro atoms. The summed E-state index contributed by atoms with van der Waals surface area (Å²) >= 11 is 1.69. The summed E-state index contributed by atoms with van der Waals surface area (Å²) in [6.07, 6.45) is 1.94. The Labute approximate surface area is 146 Å². The first kappa shape index (κ1) is 17.3. The van der Waals surface area contributed by atoms with Crippen molar-refractivity contribution in [3.8, 4) is 0 Å². The van der Waals surface area contributed by atoms with E-state index in [4.69, 9.17) is 14.1 Å². The molecule has 1 aliphatic rings. The molecule has 130 valence electrons. The van der Waals surface area contributed by atoms with E-state index in [-0.39, 0.29) is 17.2 Å². The zero-order valence-electron chi connectivity index (χ0n) is 14.4. The lowest BCUT2D eigenvalue weighted by molar-refractivity contribution is -0.0128. The molecule has 2 aromatic heterocycles. The van der Waals surface area contributed by atoms with Crippen molar-refractivity contribution in [2.24, 2.45) is 0 Å². The molecule has 0 bridgehead atoms. The molecule has 0 aromatic carbocycles. The van der Waals surface area contributed by atoms with E-state index in [1.165, 1.54) is 6.26 Å². The Morgan fingerprint density at radius 3 is 2.96 bits per heavy atom. The van der Waals surface area contributed by atoms with E-state index >= 15 is 0 Å². The van der Waals surface area contributed by atoms with Crippen LogP contribution in [0.4, 0.5) is 0 Å². The SMILES string of the molecule is CC(C)(C)c1csc(CN2CCOC[C@H]2CC(=O)c2ccco2)n1. The third-order valence-corrected chi connectivity index (χ3v) is 5.06. The highest BCUT2D eigenvalue weighted by Crippen LogP contribution is 2.25. The lowest BCUT2D eigenvalue weighted by Crippen LogP contribution is -2.45.